The van der Waals surface area contributed by atoms with Gasteiger partial charge in [0.25, 0.3) is 0 Å². The minimum absolute atomic E-state index is 0. The van der Waals surface area contributed by atoms with Crippen molar-refractivity contribution in [2.24, 2.45) is 17.6 Å². The highest BCUT2D eigenvalue weighted by atomic mass is 35.5. The van der Waals surface area contributed by atoms with Gasteiger partial charge in [-0.25, -0.2) is 0 Å². The van der Waals surface area contributed by atoms with Crippen molar-refractivity contribution in [3.05, 3.63) is 0 Å². The Morgan fingerprint density at radius 1 is 1.25 bits per heavy atom. The van der Waals surface area contributed by atoms with E-state index in [0.29, 0.717) is 18.4 Å². The van der Waals surface area contributed by atoms with Crippen LogP contribution in [0.5, 0.6) is 0 Å². The molecule has 120 valence electrons. The van der Waals surface area contributed by atoms with Crippen molar-refractivity contribution >= 4 is 18.3 Å². The van der Waals surface area contributed by atoms with E-state index < -0.39 is 0 Å². The number of rotatable bonds is 6. The van der Waals surface area contributed by atoms with Crippen molar-refractivity contribution < 1.29 is 4.79 Å². The average molecular weight is 306 g/mol. The molecule has 1 heterocycles. The van der Waals surface area contributed by atoms with Gasteiger partial charge < -0.3 is 10.6 Å². The lowest BCUT2D eigenvalue weighted by Gasteiger charge is -2.33. The molecule has 0 spiro atoms. The Bertz CT molecular complexity index is 274. The molecule has 1 saturated heterocycles. The van der Waals surface area contributed by atoms with Crippen molar-refractivity contribution in [2.75, 3.05) is 32.7 Å². The minimum Gasteiger partial charge on any atom is -0.341 e. The van der Waals surface area contributed by atoms with Crippen LogP contribution in [0, 0.1) is 11.8 Å². The summed E-state index contributed by atoms with van der Waals surface area (Å²) in [5.41, 5.74) is 5.97. The van der Waals surface area contributed by atoms with Crippen LogP contribution in [0.3, 0.4) is 0 Å². The van der Waals surface area contributed by atoms with Gasteiger partial charge in [-0.1, -0.05) is 27.7 Å². The summed E-state index contributed by atoms with van der Waals surface area (Å²) in [6.45, 7) is 12.8. The second kappa shape index (κ2) is 9.59. The molecule has 20 heavy (non-hydrogen) atoms. The molecule has 1 rings (SSSR count). The van der Waals surface area contributed by atoms with E-state index in [1.54, 1.807) is 0 Å². The fraction of sp³-hybridized carbons (Fsp3) is 0.933. The monoisotopic (exact) mass is 305 g/mol. The molecule has 1 fully saturated rings. The zero-order valence-corrected chi connectivity index (χ0v) is 14.3. The van der Waals surface area contributed by atoms with Gasteiger partial charge >= 0.3 is 0 Å². The maximum atomic E-state index is 12.4. The van der Waals surface area contributed by atoms with Crippen LogP contribution in [0.25, 0.3) is 0 Å². The smallest absolute Gasteiger partial charge is 0.236 e. The minimum atomic E-state index is 0. The Kier molecular flexibility index (Phi) is 9.43. The highest BCUT2D eigenvalue weighted by Crippen LogP contribution is 2.10. The number of hydrogen-bond donors (Lipinski definition) is 1. The fourth-order valence-corrected chi connectivity index (χ4v) is 2.69. The van der Waals surface area contributed by atoms with Crippen molar-refractivity contribution in [2.45, 2.75) is 46.6 Å². The molecule has 4 nitrogen and oxygen atoms in total. The molecular formula is C15H32ClN3O. The van der Waals surface area contributed by atoms with E-state index >= 15 is 0 Å². The van der Waals surface area contributed by atoms with E-state index in [4.69, 9.17) is 5.73 Å². The lowest BCUT2D eigenvalue weighted by Crippen LogP contribution is -2.49. The van der Waals surface area contributed by atoms with Crippen molar-refractivity contribution in [3.8, 4) is 0 Å². The second-order valence-corrected chi connectivity index (χ2v) is 6.72. The van der Waals surface area contributed by atoms with Gasteiger partial charge in [-0.05, 0) is 31.2 Å². The molecule has 0 saturated carbocycles. The predicted molar refractivity (Wildman–Crippen MR) is 87.2 cm³/mol. The third-order valence-corrected chi connectivity index (χ3v) is 3.42. The van der Waals surface area contributed by atoms with Crippen LogP contribution in [-0.2, 0) is 4.79 Å². The number of carbonyl (C=O) groups is 1. The second-order valence-electron chi connectivity index (χ2n) is 6.72. The summed E-state index contributed by atoms with van der Waals surface area (Å²) >= 11 is 0. The lowest BCUT2D eigenvalue weighted by atomic mass is 10.1. The van der Waals surface area contributed by atoms with Gasteiger partial charge in [-0.2, -0.15) is 0 Å². The van der Waals surface area contributed by atoms with Gasteiger partial charge in [0.15, 0.2) is 0 Å². The average Bonchev–Trinajstić information content (AvgIpc) is 2.26. The van der Waals surface area contributed by atoms with Gasteiger partial charge in [-0.3, -0.25) is 9.69 Å². The SMILES string of the molecule is CC(C)CN(CC(C)C)C(=O)CN1CCCC(N)C1.Cl. The molecule has 0 aromatic rings. The van der Waals surface area contributed by atoms with Crippen LogP contribution in [0.2, 0.25) is 0 Å². The standard InChI is InChI=1S/C15H31N3O.ClH/c1-12(2)8-18(9-13(3)4)15(19)11-17-7-5-6-14(16)10-17;/h12-14H,5-11,16H2,1-4H3;1H. The van der Waals surface area contributed by atoms with Gasteiger partial charge in [-0.15, -0.1) is 12.4 Å². The number of piperidine rings is 1. The van der Waals surface area contributed by atoms with Gasteiger partial charge in [0, 0.05) is 25.7 Å². The zero-order valence-electron chi connectivity index (χ0n) is 13.5. The number of hydrogen-bond acceptors (Lipinski definition) is 3. The first-order valence-corrected chi connectivity index (χ1v) is 7.64. The van der Waals surface area contributed by atoms with Gasteiger partial charge in [0.1, 0.15) is 0 Å². The van der Waals surface area contributed by atoms with Crippen LogP contribution >= 0.6 is 12.4 Å². The highest BCUT2D eigenvalue weighted by molar-refractivity contribution is 5.85. The Morgan fingerprint density at radius 2 is 1.80 bits per heavy atom. The zero-order chi connectivity index (χ0) is 14.4. The van der Waals surface area contributed by atoms with Crippen molar-refractivity contribution in [3.63, 3.8) is 0 Å². The first kappa shape index (κ1) is 19.7. The summed E-state index contributed by atoms with van der Waals surface area (Å²) in [6.07, 6.45) is 2.20. The summed E-state index contributed by atoms with van der Waals surface area (Å²) < 4.78 is 0. The summed E-state index contributed by atoms with van der Waals surface area (Å²) in [5, 5.41) is 0. The predicted octanol–water partition coefficient (Wildman–Crippen LogP) is 1.97. The molecule has 0 aromatic carbocycles. The summed E-state index contributed by atoms with van der Waals surface area (Å²) in [7, 11) is 0. The third-order valence-electron chi connectivity index (χ3n) is 3.42. The molecule has 0 radical (unpaired) electrons. The maximum Gasteiger partial charge on any atom is 0.236 e. The Morgan fingerprint density at radius 3 is 2.25 bits per heavy atom. The number of carbonyl (C=O) groups excluding carboxylic acids is 1. The molecule has 0 aromatic heterocycles. The molecule has 1 atom stereocenters. The molecule has 5 heteroatoms. The first-order valence-electron chi connectivity index (χ1n) is 7.64. The van der Waals surface area contributed by atoms with Crippen LogP contribution in [0.15, 0.2) is 0 Å². The van der Waals surface area contributed by atoms with Crippen LogP contribution in [0.1, 0.15) is 40.5 Å². The maximum absolute atomic E-state index is 12.4. The van der Waals surface area contributed by atoms with E-state index in [0.717, 1.165) is 39.0 Å². The molecule has 1 amide bonds. The lowest BCUT2D eigenvalue weighted by molar-refractivity contribution is -0.133. The Hall–Kier alpha value is -0.320. The van der Waals surface area contributed by atoms with Crippen LogP contribution in [0.4, 0.5) is 0 Å². The number of nitrogens with zero attached hydrogens (tertiary/aromatic N) is 2. The van der Waals surface area contributed by atoms with E-state index in [9.17, 15) is 4.79 Å². The molecular weight excluding hydrogens is 274 g/mol. The fourth-order valence-electron chi connectivity index (χ4n) is 2.69. The van der Waals surface area contributed by atoms with Gasteiger partial charge in [0.05, 0.1) is 6.54 Å². The van der Waals surface area contributed by atoms with Crippen LogP contribution in [-0.4, -0.2) is 54.5 Å². The number of nitrogens with two attached hydrogens (primary N) is 1. The Balaban J connectivity index is 0.00000361. The van der Waals surface area contributed by atoms with E-state index in [2.05, 4.69) is 32.6 Å². The number of likely N-dealkylation sites (tertiary alicyclic amines) is 1. The topological polar surface area (TPSA) is 49.6 Å². The van der Waals surface area contributed by atoms with Crippen molar-refractivity contribution in [1.29, 1.82) is 0 Å². The van der Waals surface area contributed by atoms with Crippen molar-refractivity contribution in [1.82, 2.24) is 9.80 Å². The molecule has 2 N–H and O–H groups in total. The Labute approximate surface area is 130 Å². The third kappa shape index (κ3) is 7.46. The molecule has 0 aliphatic carbocycles. The molecule has 1 aliphatic heterocycles. The number of halogens is 1. The quantitative estimate of drug-likeness (QED) is 0.816. The largest absolute Gasteiger partial charge is 0.341 e. The van der Waals surface area contributed by atoms with E-state index in [1.165, 1.54) is 0 Å². The summed E-state index contributed by atoms with van der Waals surface area (Å²) in [6, 6.07) is 0.241. The van der Waals surface area contributed by atoms with Crippen LogP contribution < -0.4 is 5.73 Å². The molecule has 1 unspecified atom stereocenters. The normalized spacial score (nSPS) is 20.1. The summed E-state index contributed by atoms with van der Waals surface area (Å²) in [5.74, 6) is 1.30. The van der Waals surface area contributed by atoms with E-state index in [1.807, 2.05) is 4.90 Å². The number of amides is 1. The van der Waals surface area contributed by atoms with Gasteiger partial charge in [0.2, 0.25) is 5.91 Å². The molecule has 0 bridgehead atoms. The van der Waals surface area contributed by atoms with E-state index in [-0.39, 0.29) is 24.4 Å². The first-order chi connectivity index (χ1) is 8.88. The highest BCUT2D eigenvalue weighted by Gasteiger charge is 2.22. The molecule has 1 aliphatic rings. The summed E-state index contributed by atoms with van der Waals surface area (Å²) in [4.78, 5) is 16.7.